The molecule has 0 aromatic heterocycles. The number of halogens is 1. The summed E-state index contributed by atoms with van der Waals surface area (Å²) in [5.41, 5.74) is 3.16. The second-order valence-corrected chi connectivity index (χ2v) is 5.07. The minimum absolute atomic E-state index is 0.219. The van der Waals surface area contributed by atoms with Gasteiger partial charge in [0.2, 0.25) is 0 Å². The Hall–Kier alpha value is -1.87. The van der Waals surface area contributed by atoms with Gasteiger partial charge < -0.3 is 10.1 Å². The molecule has 0 saturated carbocycles. The lowest BCUT2D eigenvalue weighted by Gasteiger charge is -2.13. The van der Waals surface area contributed by atoms with Crippen molar-refractivity contribution in [3.8, 4) is 16.9 Å². The molecule has 0 unspecified atom stereocenters. The van der Waals surface area contributed by atoms with Crippen LogP contribution in [0.5, 0.6) is 5.75 Å². The van der Waals surface area contributed by atoms with Crippen LogP contribution in [0.25, 0.3) is 11.1 Å². The van der Waals surface area contributed by atoms with Gasteiger partial charge in [0.15, 0.2) is 0 Å². The van der Waals surface area contributed by atoms with Crippen LogP contribution in [-0.4, -0.2) is 13.2 Å². The van der Waals surface area contributed by atoms with Crippen molar-refractivity contribution in [3.05, 3.63) is 53.8 Å². The number of methoxy groups -OCH3 is 1. The first-order valence-corrected chi connectivity index (χ1v) is 6.76. The summed E-state index contributed by atoms with van der Waals surface area (Å²) in [4.78, 5) is 0. The van der Waals surface area contributed by atoms with Gasteiger partial charge in [-0.3, -0.25) is 0 Å². The normalized spacial score (nSPS) is 10.8. The first-order chi connectivity index (χ1) is 9.60. The first-order valence-electron chi connectivity index (χ1n) is 6.76. The molecule has 2 nitrogen and oxygen atoms in total. The molecular formula is C17H20FNO. The van der Waals surface area contributed by atoms with E-state index in [9.17, 15) is 4.39 Å². The van der Waals surface area contributed by atoms with Crippen LogP contribution in [0.2, 0.25) is 0 Å². The van der Waals surface area contributed by atoms with E-state index in [1.54, 1.807) is 19.2 Å². The number of ether oxygens (including phenoxy) is 1. The summed E-state index contributed by atoms with van der Waals surface area (Å²) >= 11 is 0. The van der Waals surface area contributed by atoms with Crippen molar-refractivity contribution >= 4 is 0 Å². The Balaban J connectivity index is 2.31. The molecule has 0 heterocycles. The average Bonchev–Trinajstić information content (AvgIpc) is 2.45. The Bertz CT molecular complexity index is 564. The average molecular weight is 273 g/mol. The van der Waals surface area contributed by atoms with Gasteiger partial charge in [-0.2, -0.15) is 0 Å². The molecule has 2 aromatic carbocycles. The minimum Gasteiger partial charge on any atom is -0.496 e. The fourth-order valence-electron chi connectivity index (χ4n) is 2.05. The van der Waals surface area contributed by atoms with E-state index in [0.29, 0.717) is 6.04 Å². The zero-order valence-electron chi connectivity index (χ0n) is 12.1. The summed E-state index contributed by atoms with van der Waals surface area (Å²) in [7, 11) is 1.67. The van der Waals surface area contributed by atoms with Crippen LogP contribution in [-0.2, 0) is 6.54 Å². The quantitative estimate of drug-likeness (QED) is 0.889. The molecule has 2 rings (SSSR count). The van der Waals surface area contributed by atoms with Gasteiger partial charge in [-0.25, -0.2) is 4.39 Å². The molecule has 2 aromatic rings. The van der Waals surface area contributed by atoms with Gasteiger partial charge in [0, 0.05) is 18.2 Å². The molecule has 0 fully saturated rings. The second-order valence-electron chi connectivity index (χ2n) is 5.07. The highest BCUT2D eigenvalue weighted by molar-refractivity contribution is 5.65. The molecular weight excluding hydrogens is 253 g/mol. The van der Waals surface area contributed by atoms with Crippen LogP contribution in [0, 0.1) is 5.82 Å². The Morgan fingerprint density at radius 1 is 1.05 bits per heavy atom. The Labute approximate surface area is 119 Å². The van der Waals surface area contributed by atoms with E-state index in [2.05, 4.69) is 25.2 Å². The third kappa shape index (κ3) is 3.58. The summed E-state index contributed by atoms with van der Waals surface area (Å²) in [6.07, 6.45) is 0. The van der Waals surface area contributed by atoms with Gasteiger partial charge in [-0.15, -0.1) is 0 Å². The molecule has 0 atom stereocenters. The van der Waals surface area contributed by atoms with Gasteiger partial charge in [0.25, 0.3) is 0 Å². The van der Waals surface area contributed by atoms with Crippen LogP contribution in [0.3, 0.4) is 0 Å². The summed E-state index contributed by atoms with van der Waals surface area (Å²) < 4.78 is 18.4. The van der Waals surface area contributed by atoms with Gasteiger partial charge in [-0.1, -0.05) is 32.0 Å². The number of hydrogen-bond acceptors (Lipinski definition) is 2. The standard InChI is InChI=1S/C17H20FNO/c1-12(2)19-11-15-10-14(6-9-17(15)20-3)13-4-7-16(18)8-5-13/h4-10,12,19H,11H2,1-3H3. The van der Waals surface area contributed by atoms with Crippen molar-refractivity contribution < 1.29 is 9.13 Å². The molecule has 0 aliphatic rings. The van der Waals surface area contributed by atoms with Crippen molar-refractivity contribution in [1.29, 1.82) is 0 Å². The first kappa shape index (κ1) is 14.5. The van der Waals surface area contributed by atoms with Gasteiger partial charge >= 0.3 is 0 Å². The van der Waals surface area contributed by atoms with Crippen molar-refractivity contribution in [2.24, 2.45) is 0 Å². The lowest BCUT2D eigenvalue weighted by molar-refractivity contribution is 0.406. The third-order valence-electron chi connectivity index (χ3n) is 3.16. The summed E-state index contributed by atoms with van der Waals surface area (Å²) in [5, 5.41) is 3.38. The fourth-order valence-corrected chi connectivity index (χ4v) is 2.05. The molecule has 3 heteroatoms. The van der Waals surface area contributed by atoms with E-state index in [0.717, 1.165) is 29.0 Å². The van der Waals surface area contributed by atoms with E-state index in [1.165, 1.54) is 12.1 Å². The molecule has 0 amide bonds. The largest absolute Gasteiger partial charge is 0.496 e. The smallest absolute Gasteiger partial charge is 0.123 e. The molecule has 0 spiro atoms. The molecule has 0 aliphatic carbocycles. The molecule has 106 valence electrons. The van der Waals surface area contributed by atoms with Gasteiger partial charge in [0.05, 0.1) is 7.11 Å². The fraction of sp³-hybridized carbons (Fsp3) is 0.294. The summed E-state index contributed by atoms with van der Waals surface area (Å²) in [5.74, 6) is 0.646. The molecule has 0 radical (unpaired) electrons. The van der Waals surface area contributed by atoms with E-state index in [1.807, 2.05) is 12.1 Å². The van der Waals surface area contributed by atoms with Crippen LogP contribution in [0.4, 0.5) is 4.39 Å². The monoisotopic (exact) mass is 273 g/mol. The maximum Gasteiger partial charge on any atom is 0.123 e. The topological polar surface area (TPSA) is 21.3 Å². The summed E-state index contributed by atoms with van der Waals surface area (Å²) in [6, 6.07) is 13.0. The predicted molar refractivity (Wildman–Crippen MR) is 80.4 cm³/mol. The Morgan fingerprint density at radius 3 is 2.30 bits per heavy atom. The third-order valence-corrected chi connectivity index (χ3v) is 3.16. The Morgan fingerprint density at radius 2 is 1.70 bits per heavy atom. The molecule has 0 aliphatic heterocycles. The zero-order valence-corrected chi connectivity index (χ0v) is 12.1. The highest BCUT2D eigenvalue weighted by Gasteiger charge is 2.07. The van der Waals surface area contributed by atoms with Crippen LogP contribution in [0.15, 0.2) is 42.5 Å². The van der Waals surface area contributed by atoms with Crippen LogP contribution < -0.4 is 10.1 Å². The zero-order chi connectivity index (χ0) is 14.5. The lowest BCUT2D eigenvalue weighted by atomic mass is 10.0. The van der Waals surface area contributed by atoms with Crippen molar-refractivity contribution in [2.45, 2.75) is 26.4 Å². The summed E-state index contributed by atoms with van der Waals surface area (Å²) in [6.45, 7) is 4.96. The van der Waals surface area contributed by atoms with Crippen molar-refractivity contribution in [3.63, 3.8) is 0 Å². The maximum absolute atomic E-state index is 13.0. The number of benzene rings is 2. The van der Waals surface area contributed by atoms with Crippen LogP contribution in [0.1, 0.15) is 19.4 Å². The van der Waals surface area contributed by atoms with E-state index < -0.39 is 0 Å². The van der Waals surface area contributed by atoms with Crippen molar-refractivity contribution in [1.82, 2.24) is 5.32 Å². The lowest BCUT2D eigenvalue weighted by Crippen LogP contribution is -2.22. The maximum atomic E-state index is 13.0. The van der Waals surface area contributed by atoms with Gasteiger partial charge in [-0.05, 0) is 35.4 Å². The molecule has 20 heavy (non-hydrogen) atoms. The molecule has 1 N–H and O–H groups in total. The number of rotatable bonds is 5. The number of nitrogens with one attached hydrogen (secondary N) is 1. The Kier molecular flexibility index (Phi) is 4.74. The van der Waals surface area contributed by atoms with Crippen molar-refractivity contribution in [2.75, 3.05) is 7.11 Å². The minimum atomic E-state index is -0.219. The van der Waals surface area contributed by atoms with E-state index >= 15 is 0 Å². The van der Waals surface area contributed by atoms with E-state index in [4.69, 9.17) is 4.74 Å². The van der Waals surface area contributed by atoms with Gasteiger partial charge in [0.1, 0.15) is 11.6 Å². The highest BCUT2D eigenvalue weighted by Crippen LogP contribution is 2.26. The SMILES string of the molecule is COc1ccc(-c2ccc(F)cc2)cc1CNC(C)C. The van der Waals surface area contributed by atoms with E-state index in [-0.39, 0.29) is 5.82 Å². The molecule has 0 saturated heterocycles. The number of hydrogen-bond donors (Lipinski definition) is 1. The predicted octanol–water partition coefficient (Wildman–Crippen LogP) is 4.00. The molecule has 0 bridgehead atoms. The van der Waals surface area contributed by atoms with Crippen LogP contribution >= 0.6 is 0 Å². The second kappa shape index (κ2) is 6.53. The highest BCUT2D eigenvalue weighted by atomic mass is 19.1.